The molecule has 0 saturated carbocycles. The van der Waals surface area contributed by atoms with Crippen LogP contribution < -0.4 is 15.0 Å². The summed E-state index contributed by atoms with van der Waals surface area (Å²) >= 11 is 0. The second-order valence-electron chi connectivity index (χ2n) is 7.89. The highest BCUT2D eigenvalue weighted by Crippen LogP contribution is 2.32. The molecule has 1 saturated heterocycles. The number of aliphatic hydroxyl groups excluding tert-OH is 1. The monoisotopic (exact) mass is 411 g/mol. The lowest BCUT2D eigenvalue weighted by molar-refractivity contribution is 0.0953. The van der Waals surface area contributed by atoms with Gasteiger partial charge in [-0.05, 0) is 36.6 Å². The largest absolute Gasteiger partial charge is 0.495 e. The van der Waals surface area contributed by atoms with Crippen LogP contribution in [-0.2, 0) is 0 Å². The van der Waals surface area contributed by atoms with Crippen molar-refractivity contribution >= 4 is 11.6 Å². The summed E-state index contributed by atoms with van der Waals surface area (Å²) in [5, 5.41) is 13.0. The molecule has 1 amide bonds. The molecule has 1 aliphatic heterocycles. The van der Waals surface area contributed by atoms with Gasteiger partial charge in [-0.15, -0.1) is 0 Å². The fraction of sp³-hybridized carbons (Fsp3) is 0.458. The molecule has 2 N–H and O–H groups in total. The standard InChI is InChI=1S/C24H33N3O3/c1-4-13-25-24(29)19-10-11-21(23(15-19)30-3)26(2)17-22(18-8-6-5-7-9-18)27-14-12-20(28)16-27/h5-11,15,20,22,28H,4,12-14,16-17H2,1-3H3,(H,25,29)/t20-,22-/m0/s1. The van der Waals surface area contributed by atoms with Crippen LogP contribution in [0.4, 0.5) is 5.69 Å². The topological polar surface area (TPSA) is 65.0 Å². The fourth-order valence-corrected chi connectivity index (χ4v) is 3.99. The maximum absolute atomic E-state index is 12.3. The van der Waals surface area contributed by atoms with Crippen molar-refractivity contribution in [2.45, 2.75) is 31.9 Å². The fourth-order valence-electron chi connectivity index (χ4n) is 3.99. The molecule has 0 spiro atoms. The number of anilines is 1. The molecule has 0 bridgehead atoms. The third kappa shape index (κ3) is 5.32. The van der Waals surface area contributed by atoms with Crippen molar-refractivity contribution in [1.82, 2.24) is 10.2 Å². The van der Waals surface area contributed by atoms with Crippen molar-refractivity contribution < 1.29 is 14.6 Å². The van der Waals surface area contributed by atoms with Gasteiger partial charge in [0.1, 0.15) is 5.75 Å². The number of likely N-dealkylation sites (N-methyl/N-ethyl adjacent to an activating group) is 1. The molecular formula is C24H33N3O3. The Morgan fingerprint density at radius 2 is 2.07 bits per heavy atom. The average molecular weight is 412 g/mol. The van der Waals surface area contributed by atoms with Gasteiger partial charge in [-0.3, -0.25) is 9.69 Å². The van der Waals surface area contributed by atoms with E-state index in [0.717, 1.165) is 31.6 Å². The number of likely N-dealkylation sites (tertiary alicyclic amines) is 1. The number of hydrogen-bond acceptors (Lipinski definition) is 5. The molecule has 0 unspecified atom stereocenters. The average Bonchev–Trinajstić information content (AvgIpc) is 3.21. The Morgan fingerprint density at radius 1 is 1.30 bits per heavy atom. The van der Waals surface area contributed by atoms with Gasteiger partial charge >= 0.3 is 0 Å². The molecule has 3 rings (SSSR count). The minimum atomic E-state index is -0.267. The van der Waals surface area contributed by atoms with Gasteiger partial charge in [0.15, 0.2) is 0 Å². The van der Waals surface area contributed by atoms with Crippen LogP contribution in [-0.4, -0.2) is 62.4 Å². The van der Waals surface area contributed by atoms with E-state index in [-0.39, 0.29) is 18.1 Å². The van der Waals surface area contributed by atoms with E-state index in [9.17, 15) is 9.90 Å². The summed E-state index contributed by atoms with van der Waals surface area (Å²) in [6.07, 6.45) is 1.44. The summed E-state index contributed by atoms with van der Waals surface area (Å²) in [6.45, 7) is 4.99. The van der Waals surface area contributed by atoms with Crippen molar-refractivity contribution in [3.05, 3.63) is 59.7 Å². The van der Waals surface area contributed by atoms with Gasteiger partial charge in [0, 0.05) is 38.8 Å². The summed E-state index contributed by atoms with van der Waals surface area (Å²) in [5.74, 6) is 0.590. The van der Waals surface area contributed by atoms with Crippen molar-refractivity contribution in [2.24, 2.45) is 0 Å². The maximum atomic E-state index is 12.3. The van der Waals surface area contributed by atoms with E-state index in [1.807, 2.05) is 32.2 Å². The highest BCUT2D eigenvalue weighted by atomic mass is 16.5. The molecule has 0 radical (unpaired) electrons. The molecule has 1 aliphatic rings. The number of benzene rings is 2. The normalized spacial score (nSPS) is 17.5. The Kier molecular flexibility index (Phi) is 7.71. The Hall–Kier alpha value is -2.57. The zero-order valence-corrected chi connectivity index (χ0v) is 18.2. The van der Waals surface area contributed by atoms with E-state index >= 15 is 0 Å². The number of carbonyl (C=O) groups is 1. The van der Waals surface area contributed by atoms with Gasteiger partial charge in [0.25, 0.3) is 5.91 Å². The summed E-state index contributed by atoms with van der Waals surface area (Å²) in [5.41, 5.74) is 2.76. The van der Waals surface area contributed by atoms with Gasteiger partial charge < -0.3 is 20.1 Å². The Morgan fingerprint density at radius 3 is 2.70 bits per heavy atom. The van der Waals surface area contributed by atoms with Crippen LogP contribution in [0.25, 0.3) is 0 Å². The number of amides is 1. The van der Waals surface area contributed by atoms with Gasteiger partial charge in [-0.1, -0.05) is 37.3 Å². The number of hydrogen-bond donors (Lipinski definition) is 2. The van der Waals surface area contributed by atoms with Crippen LogP contribution in [0.15, 0.2) is 48.5 Å². The first-order valence-corrected chi connectivity index (χ1v) is 10.7. The van der Waals surface area contributed by atoms with Crippen LogP contribution in [0.5, 0.6) is 5.75 Å². The molecule has 2 aromatic rings. The number of rotatable bonds is 9. The van der Waals surface area contributed by atoms with Crippen molar-refractivity contribution in [1.29, 1.82) is 0 Å². The van der Waals surface area contributed by atoms with E-state index in [4.69, 9.17) is 4.74 Å². The highest BCUT2D eigenvalue weighted by Gasteiger charge is 2.29. The number of ether oxygens (including phenoxy) is 1. The van der Waals surface area contributed by atoms with Gasteiger partial charge in [-0.25, -0.2) is 0 Å². The lowest BCUT2D eigenvalue weighted by Gasteiger charge is -2.33. The molecule has 2 atom stereocenters. The first kappa shape index (κ1) is 22.1. The van der Waals surface area contributed by atoms with Crippen LogP contribution in [0, 0.1) is 0 Å². The summed E-state index contributed by atoms with van der Waals surface area (Å²) in [7, 11) is 3.67. The minimum absolute atomic E-state index is 0.0856. The third-order valence-electron chi connectivity index (χ3n) is 5.66. The number of nitrogens with zero attached hydrogens (tertiary/aromatic N) is 2. The smallest absolute Gasteiger partial charge is 0.251 e. The highest BCUT2D eigenvalue weighted by molar-refractivity contribution is 5.95. The van der Waals surface area contributed by atoms with Crippen LogP contribution in [0.2, 0.25) is 0 Å². The van der Waals surface area contributed by atoms with E-state index in [1.54, 1.807) is 13.2 Å². The molecule has 6 heteroatoms. The van der Waals surface area contributed by atoms with E-state index in [0.29, 0.717) is 24.4 Å². The number of nitrogens with one attached hydrogen (secondary N) is 1. The van der Waals surface area contributed by atoms with Gasteiger partial charge in [0.2, 0.25) is 0 Å². The van der Waals surface area contributed by atoms with Crippen LogP contribution in [0.3, 0.4) is 0 Å². The predicted octanol–water partition coefficient (Wildman–Crippen LogP) is 3.08. The van der Waals surface area contributed by atoms with Crippen molar-refractivity contribution in [2.75, 3.05) is 45.2 Å². The third-order valence-corrected chi connectivity index (χ3v) is 5.66. The SMILES string of the molecule is CCCNC(=O)c1ccc(N(C)C[C@@H](c2ccccc2)N2CC[C@H](O)C2)c(OC)c1. The molecule has 1 heterocycles. The number of carbonyl (C=O) groups excluding carboxylic acids is 1. The quantitative estimate of drug-likeness (QED) is 0.664. The lowest BCUT2D eigenvalue weighted by atomic mass is 10.0. The lowest BCUT2D eigenvalue weighted by Crippen LogP contribution is -2.36. The molecule has 162 valence electrons. The summed E-state index contributed by atoms with van der Waals surface area (Å²) in [6, 6.07) is 16.2. The molecule has 0 aromatic heterocycles. The van der Waals surface area contributed by atoms with E-state index < -0.39 is 0 Å². The molecule has 6 nitrogen and oxygen atoms in total. The number of methoxy groups -OCH3 is 1. The Bertz CT molecular complexity index is 828. The molecular weight excluding hydrogens is 378 g/mol. The molecule has 30 heavy (non-hydrogen) atoms. The van der Waals surface area contributed by atoms with E-state index in [1.165, 1.54) is 5.56 Å². The number of aliphatic hydroxyl groups is 1. The van der Waals surface area contributed by atoms with Crippen molar-refractivity contribution in [3.63, 3.8) is 0 Å². The minimum Gasteiger partial charge on any atom is -0.495 e. The predicted molar refractivity (Wildman–Crippen MR) is 120 cm³/mol. The van der Waals surface area contributed by atoms with E-state index in [2.05, 4.69) is 39.4 Å². The summed E-state index contributed by atoms with van der Waals surface area (Å²) in [4.78, 5) is 16.8. The summed E-state index contributed by atoms with van der Waals surface area (Å²) < 4.78 is 5.62. The zero-order valence-electron chi connectivity index (χ0n) is 18.2. The first-order valence-electron chi connectivity index (χ1n) is 10.7. The van der Waals surface area contributed by atoms with Gasteiger partial charge in [0.05, 0.1) is 24.9 Å². The maximum Gasteiger partial charge on any atom is 0.251 e. The Balaban J connectivity index is 1.81. The van der Waals surface area contributed by atoms with Crippen LogP contribution in [0.1, 0.15) is 41.7 Å². The second kappa shape index (κ2) is 10.5. The number of β-amino-alcohol motifs (C(OH)–C–C–N with tert-alkyl or cyclic N) is 1. The van der Waals surface area contributed by atoms with Gasteiger partial charge in [-0.2, -0.15) is 0 Å². The molecule has 1 fully saturated rings. The van der Waals surface area contributed by atoms with Crippen molar-refractivity contribution in [3.8, 4) is 5.75 Å². The molecule has 2 aromatic carbocycles. The zero-order chi connectivity index (χ0) is 21.5. The second-order valence-corrected chi connectivity index (χ2v) is 7.89. The Labute approximate surface area is 179 Å². The molecule has 0 aliphatic carbocycles. The first-order chi connectivity index (χ1) is 14.5. The van der Waals surface area contributed by atoms with Crippen LogP contribution >= 0.6 is 0 Å².